The number of fused-ring (bicyclic) bond motifs is 3. The second-order valence-corrected chi connectivity index (χ2v) is 9.51. The molecule has 4 rings (SSSR count). The van der Waals surface area contributed by atoms with Crippen LogP contribution in [0.25, 0.3) is 0 Å². The minimum Gasteiger partial charge on any atom is -0.494 e. The first kappa shape index (κ1) is 25.3. The molecule has 2 saturated heterocycles. The first-order valence-corrected chi connectivity index (χ1v) is 12.7. The van der Waals surface area contributed by atoms with Crippen LogP contribution in [0.1, 0.15) is 75.5 Å². The van der Waals surface area contributed by atoms with Crippen molar-refractivity contribution in [3.8, 4) is 18.1 Å². The molecule has 33 heavy (non-hydrogen) atoms. The Hall–Kier alpha value is -2.28. The number of nitrogens with zero attached hydrogens (tertiary/aromatic N) is 2. The third-order valence-corrected chi connectivity index (χ3v) is 7.28. The van der Waals surface area contributed by atoms with Crippen molar-refractivity contribution in [1.82, 2.24) is 9.80 Å². The predicted octanol–water partition coefficient (Wildman–Crippen LogP) is 6.50. The maximum absolute atomic E-state index is 6.21. The number of piperidine rings is 1. The van der Waals surface area contributed by atoms with Crippen LogP contribution in [0.4, 0.5) is 0 Å². The van der Waals surface area contributed by atoms with Crippen molar-refractivity contribution in [3.05, 3.63) is 65.8 Å². The third kappa shape index (κ3) is 6.62. The van der Waals surface area contributed by atoms with Gasteiger partial charge in [0.05, 0.1) is 6.61 Å². The molecule has 3 aliphatic heterocycles. The molecule has 3 nitrogen and oxygen atoms in total. The highest BCUT2D eigenvalue weighted by Crippen LogP contribution is 2.45. The highest BCUT2D eigenvalue weighted by molar-refractivity contribution is 5.46. The predicted molar refractivity (Wildman–Crippen MR) is 141 cm³/mol. The van der Waals surface area contributed by atoms with E-state index in [9.17, 15) is 0 Å². The van der Waals surface area contributed by atoms with Crippen LogP contribution in [0.3, 0.4) is 0 Å². The number of terminal acetylenes is 1. The van der Waals surface area contributed by atoms with Crippen LogP contribution in [0.2, 0.25) is 0 Å². The van der Waals surface area contributed by atoms with E-state index in [1.165, 1.54) is 68.4 Å². The van der Waals surface area contributed by atoms with Gasteiger partial charge in [0.2, 0.25) is 0 Å². The number of likely N-dealkylation sites (tertiary alicyclic amines) is 1. The summed E-state index contributed by atoms with van der Waals surface area (Å²) in [6.07, 6.45) is 17.6. The second kappa shape index (κ2) is 12.8. The molecule has 0 amide bonds. The van der Waals surface area contributed by atoms with Crippen molar-refractivity contribution >= 4 is 0 Å². The average molecular weight is 447 g/mol. The summed E-state index contributed by atoms with van der Waals surface area (Å²) in [5.41, 5.74) is 5.32. The van der Waals surface area contributed by atoms with Crippen LogP contribution >= 0.6 is 0 Å². The molecule has 2 fully saturated rings. The fourth-order valence-corrected chi connectivity index (χ4v) is 5.45. The molecule has 1 aromatic rings. The minimum atomic E-state index is 0.430. The quantitative estimate of drug-likeness (QED) is 0.206. The summed E-state index contributed by atoms with van der Waals surface area (Å²) in [7, 11) is 0. The van der Waals surface area contributed by atoms with Gasteiger partial charge in [0.1, 0.15) is 5.75 Å². The number of ether oxygens (including phenoxy) is 1. The van der Waals surface area contributed by atoms with E-state index in [4.69, 9.17) is 11.2 Å². The highest BCUT2D eigenvalue weighted by atomic mass is 16.5. The van der Waals surface area contributed by atoms with E-state index in [0.717, 1.165) is 37.4 Å². The van der Waals surface area contributed by atoms with Gasteiger partial charge in [0.15, 0.2) is 0 Å². The molecule has 0 aliphatic carbocycles. The lowest BCUT2D eigenvalue weighted by atomic mass is 9.81. The normalized spacial score (nSPS) is 23.7. The average Bonchev–Trinajstić information content (AvgIpc) is 3.35. The summed E-state index contributed by atoms with van der Waals surface area (Å²) >= 11 is 0. The largest absolute Gasteiger partial charge is 0.494 e. The molecule has 0 bridgehead atoms. The smallest absolute Gasteiger partial charge is 0.119 e. The standard InChI is InChI=1S/C28H38N2O.C2H4/c1-4-22(2)11-12-23(3)27-21-30-18-8-10-28(30)26-20-24(13-14-25(26)27)31-19-9-17-29-15-6-5-7-16-29;1-2/h1,11-14,20,27-28H,5-10,15-19,21H2,2-3H3;1-2H2/b22-11+,23-12+;/t27-,28+;/m1./s1. The van der Waals surface area contributed by atoms with Gasteiger partial charge in [-0.1, -0.05) is 36.1 Å². The van der Waals surface area contributed by atoms with Crippen LogP contribution < -0.4 is 4.74 Å². The molecular formula is C30H42N2O. The van der Waals surface area contributed by atoms with E-state index in [1.54, 1.807) is 0 Å². The van der Waals surface area contributed by atoms with Crippen molar-refractivity contribution in [2.24, 2.45) is 0 Å². The summed E-state index contributed by atoms with van der Waals surface area (Å²) in [4.78, 5) is 5.26. The van der Waals surface area contributed by atoms with E-state index in [1.807, 2.05) is 6.92 Å². The fourth-order valence-electron chi connectivity index (χ4n) is 5.45. The Balaban J connectivity index is 0.00000149. The second-order valence-electron chi connectivity index (χ2n) is 9.51. The molecule has 0 aromatic heterocycles. The van der Waals surface area contributed by atoms with E-state index in [0.29, 0.717) is 12.0 Å². The zero-order chi connectivity index (χ0) is 23.6. The lowest BCUT2D eigenvalue weighted by Gasteiger charge is -2.38. The molecule has 3 aliphatic rings. The lowest BCUT2D eigenvalue weighted by Crippen LogP contribution is -2.34. The monoisotopic (exact) mass is 446 g/mol. The summed E-state index contributed by atoms with van der Waals surface area (Å²) in [5, 5.41) is 0. The summed E-state index contributed by atoms with van der Waals surface area (Å²) in [5.74, 6) is 4.19. The molecule has 0 saturated carbocycles. The Morgan fingerprint density at radius 3 is 2.64 bits per heavy atom. The van der Waals surface area contributed by atoms with Gasteiger partial charge in [-0.25, -0.2) is 0 Å². The Morgan fingerprint density at radius 1 is 1.09 bits per heavy atom. The Morgan fingerprint density at radius 2 is 1.88 bits per heavy atom. The van der Waals surface area contributed by atoms with Gasteiger partial charge in [0, 0.05) is 25.0 Å². The zero-order valence-corrected chi connectivity index (χ0v) is 20.8. The van der Waals surface area contributed by atoms with Gasteiger partial charge in [0.25, 0.3) is 0 Å². The third-order valence-electron chi connectivity index (χ3n) is 7.28. The number of benzene rings is 1. The van der Waals surface area contributed by atoms with Gasteiger partial charge < -0.3 is 9.64 Å². The summed E-state index contributed by atoms with van der Waals surface area (Å²) in [6.45, 7) is 17.1. The Bertz CT molecular complexity index is 872. The van der Waals surface area contributed by atoms with E-state index >= 15 is 0 Å². The first-order chi connectivity index (χ1) is 16.2. The van der Waals surface area contributed by atoms with Crippen molar-refractivity contribution in [2.75, 3.05) is 39.3 Å². The highest BCUT2D eigenvalue weighted by Gasteiger charge is 2.36. The lowest BCUT2D eigenvalue weighted by molar-refractivity contribution is 0.204. The molecule has 178 valence electrons. The van der Waals surface area contributed by atoms with Crippen LogP contribution in [0.5, 0.6) is 5.75 Å². The van der Waals surface area contributed by atoms with Crippen molar-refractivity contribution in [3.63, 3.8) is 0 Å². The fraction of sp³-hybridized carbons (Fsp3) is 0.533. The molecule has 0 radical (unpaired) electrons. The molecule has 0 N–H and O–H groups in total. The molecule has 3 heteroatoms. The molecule has 0 spiro atoms. The molecule has 1 aromatic carbocycles. The van der Waals surface area contributed by atoms with Crippen LogP contribution in [0, 0.1) is 12.3 Å². The van der Waals surface area contributed by atoms with E-state index < -0.39 is 0 Å². The van der Waals surface area contributed by atoms with Gasteiger partial charge in [-0.05, 0) is 94.4 Å². The first-order valence-electron chi connectivity index (χ1n) is 12.7. The van der Waals surface area contributed by atoms with Crippen molar-refractivity contribution in [1.29, 1.82) is 0 Å². The minimum absolute atomic E-state index is 0.430. The van der Waals surface area contributed by atoms with Crippen LogP contribution in [-0.4, -0.2) is 49.1 Å². The van der Waals surface area contributed by atoms with Crippen LogP contribution in [-0.2, 0) is 0 Å². The number of rotatable bonds is 7. The Kier molecular flexibility index (Phi) is 9.85. The maximum atomic E-state index is 6.21. The number of hydrogen-bond donors (Lipinski definition) is 0. The number of allylic oxidation sites excluding steroid dienone is 3. The van der Waals surface area contributed by atoms with Gasteiger partial charge in [-0.2, -0.15) is 0 Å². The van der Waals surface area contributed by atoms with E-state index in [2.05, 4.69) is 66.2 Å². The zero-order valence-electron chi connectivity index (χ0n) is 20.8. The van der Waals surface area contributed by atoms with Gasteiger partial charge >= 0.3 is 0 Å². The SMILES string of the molecule is C#C/C(C)=C/C=C(\C)[C@H]1CN2CCC[C@H]2c2cc(OCCCN3CCCCC3)ccc21.C=C. The van der Waals surface area contributed by atoms with Crippen molar-refractivity contribution in [2.45, 2.75) is 64.3 Å². The molecule has 3 heterocycles. The molecular weight excluding hydrogens is 404 g/mol. The maximum Gasteiger partial charge on any atom is 0.119 e. The Labute approximate surface area is 202 Å². The van der Waals surface area contributed by atoms with Crippen LogP contribution in [0.15, 0.2) is 54.7 Å². The number of hydrogen-bond acceptors (Lipinski definition) is 3. The van der Waals surface area contributed by atoms with E-state index in [-0.39, 0.29) is 0 Å². The molecule has 2 atom stereocenters. The molecule has 0 unspecified atom stereocenters. The van der Waals surface area contributed by atoms with Gasteiger partial charge in [-0.3, -0.25) is 4.90 Å². The van der Waals surface area contributed by atoms with Gasteiger partial charge in [-0.15, -0.1) is 19.6 Å². The summed E-state index contributed by atoms with van der Waals surface area (Å²) < 4.78 is 6.21. The summed E-state index contributed by atoms with van der Waals surface area (Å²) in [6, 6.07) is 7.40. The van der Waals surface area contributed by atoms with Crippen molar-refractivity contribution < 1.29 is 4.74 Å². The topological polar surface area (TPSA) is 15.7 Å².